The molecule has 0 spiro atoms. The van der Waals surface area contributed by atoms with Gasteiger partial charge in [-0.25, -0.2) is 0 Å². The smallest absolute Gasteiger partial charge is 0.273 e. The summed E-state index contributed by atoms with van der Waals surface area (Å²) in [6.07, 6.45) is 0. The van der Waals surface area contributed by atoms with Crippen LogP contribution in [0.2, 0.25) is 0 Å². The van der Waals surface area contributed by atoms with Crippen molar-refractivity contribution >= 4 is 17.4 Å². The van der Waals surface area contributed by atoms with Crippen LogP contribution in [0.15, 0.2) is 11.4 Å². The van der Waals surface area contributed by atoms with E-state index in [1.807, 2.05) is 10.3 Å². The minimum Gasteiger partial charge on any atom is -0.337 e. The summed E-state index contributed by atoms with van der Waals surface area (Å²) in [6, 6.07) is 1.80. The lowest BCUT2D eigenvalue weighted by Gasteiger charge is -2.15. The summed E-state index contributed by atoms with van der Waals surface area (Å²) < 4.78 is 4.09. The van der Waals surface area contributed by atoms with Crippen LogP contribution in [0.1, 0.15) is 10.5 Å². The van der Waals surface area contributed by atoms with Crippen molar-refractivity contribution in [3.63, 3.8) is 0 Å². The predicted octanol–water partition coefficient (Wildman–Crippen LogP) is 0.434. The molecular formula is C10H13N3OS. The minimum atomic E-state index is 0.102. The van der Waals surface area contributed by atoms with Gasteiger partial charge in [0.15, 0.2) is 0 Å². The SMILES string of the molecule is O=C(c1ccsn1)N1CC2CNCC2C1. The maximum Gasteiger partial charge on any atom is 0.273 e. The van der Waals surface area contributed by atoms with E-state index in [2.05, 4.69) is 9.69 Å². The van der Waals surface area contributed by atoms with E-state index in [1.54, 1.807) is 6.07 Å². The zero-order chi connectivity index (χ0) is 10.3. The zero-order valence-electron chi connectivity index (χ0n) is 8.35. The van der Waals surface area contributed by atoms with Gasteiger partial charge in [0.2, 0.25) is 0 Å². The van der Waals surface area contributed by atoms with Crippen LogP contribution in [0.4, 0.5) is 0 Å². The topological polar surface area (TPSA) is 45.2 Å². The molecule has 4 nitrogen and oxygen atoms in total. The Morgan fingerprint density at radius 3 is 2.80 bits per heavy atom. The lowest BCUT2D eigenvalue weighted by molar-refractivity contribution is 0.0777. The van der Waals surface area contributed by atoms with Gasteiger partial charge in [0.25, 0.3) is 5.91 Å². The van der Waals surface area contributed by atoms with Gasteiger partial charge in [-0.1, -0.05) is 0 Å². The number of rotatable bonds is 1. The van der Waals surface area contributed by atoms with Crippen molar-refractivity contribution in [3.8, 4) is 0 Å². The summed E-state index contributed by atoms with van der Waals surface area (Å²) in [5.41, 5.74) is 0.605. The van der Waals surface area contributed by atoms with Crippen molar-refractivity contribution in [2.75, 3.05) is 26.2 Å². The summed E-state index contributed by atoms with van der Waals surface area (Å²) in [6.45, 7) is 3.92. The number of hydrogen-bond donors (Lipinski definition) is 1. The monoisotopic (exact) mass is 223 g/mol. The Balaban J connectivity index is 1.72. The summed E-state index contributed by atoms with van der Waals surface area (Å²) in [4.78, 5) is 13.9. The molecule has 0 saturated carbocycles. The number of hydrogen-bond acceptors (Lipinski definition) is 4. The first-order chi connectivity index (χ1) is 7.34. The molecule has 2 unspecified atom stereocenters. The normalized spacial score (nSPS) is 29.5. The Labute approximate surface area is 92.4 Å². The Morgan fingerprint density at radius 1 is 1.47 bits per heavy atom. The molecule has 0 aliphatic carbocycles. The molecule has 2 saturated heterocycles. The molecule has 2 fully saturated rings. The fraction of sp³-hybridized carbons (Fsp3) is 0.600. The summed E-state index contributed by atoms with van der Waals surface area (Å²) in [5.74, 6) is 1.42. The van der Waals surface area contributed by atoms with Gasteiger partial charge in [-0.2, -0.15) is 4.37 Å². The van der Waals surface area contributed by atoms with Crippen molar-refractivity contribution in [2.45, 2.75) is 0 Å². The number of likely N-dealkylation sites (tertiary alicyclic amines) is 1. The largest absolute Gasteiger partial charge is 0.337 e. The third-order valence-electron chi connectivity index (χ3n) is 3.33. The van der Waals surface area contributed by atoms with Crippen LogP contribution < -0.4 is 5.32 Å². The molecular weight excluding hydrogens is 210 g/mol. The quantitative estimate of drug-likeness (QED) is 0.751. The van der Waals surface area contributed by atoms with E-state index in [0.717, 1.165) is 26.2 Å². The fourth-order valence-corrected chi connectivity index (χ4v) is 3.01. The van der Waals surface area contributed by atoms with E-state index in [4.69, 9.17) is 0 Å². The molecule has 2 aliphatic heterocycles. The predicted molar refractivity (Wildman–Crippen MR) is 57.9 cm³/mol. The number of amides is 1. The highest BCUT2D eigenvalue weighted by Gasteiger charge is 2.38. The third kappa shape index (κ3) is 1.55. The van der Waals surface area contributed by atoms with Crippen molar-refractivity contribution in [1.82, 2.24) is 14.6 Å². The van der Waals surface area contributed by atoms with E-state index < -0.39 is 0 Å². The second kappa shape index (κ2) is 3.57. The van der Waals surface area contributed by atoms with Gasteiger partial charge in [-0.05, 0) is 29.4 Å². The molecule has 1 N–H and O–H groups in total. The van der Waals surface area contributed by atoms with Crippen LogP contribution in [0.3, 0.4) is 0 Å². The summed E-state index contributed by atoms with van der Waals surface area (Å²) in [5, 5.41) is 5.22. The van der Waals surface area contributed by atoms with Crippen molar-refractivity contribution in [3.05, 3.63) is 17.1 Å². The third-order valence-corrected chi connectivity index (χ3v) is 3.89. The average molecular weight is 223 g/mol. The molecule has 1 amide bonds. The van der Waals surface area contributed by atoms with Crippen LogP contribution in [0.5, 0.6) is 0 Å². The molecule has 15 heavy (non-hydrogen) atoms. The van der Waals surface area contributed by atoms with Crippen LogP contribution in [0.25, 0.3) is 0 Å². The summed E-state index contributed by atoms with van der Waals surface area (Å²) in [7, 11) is 0. The van der Waals surface area contributed by atoms with Gasteiger partial charge in [0.1, 0.15) is 5.69 Å². The van der Waals surface area contributed by atoms with Crippen molar-refractivity contribution < 1.29 is 4.79 Å². The van der Waals surface area contributed by atoms with Crippen LogP contribution >= 0.6 is 11.5 Å². The standard InChI is InChI=1S/C10H13N3OS/c14-10(9-1-2-15-12-9)13-5-7-3-11-4-8(7)6-13/h1-2,7-8,11H,3-6H2. The number of nitrogens with zero attached hydrogens (tertiary/aromatic N) is 2. The molecule has 3 rings (SSSR count). The fourth-order valence-electron chi connectivity index (χ4n) is 2.51. The number of carbonyl (C=O) groups excluding carboxylic acids is 1. The van der Waals surface area contributed by atoms with Gasteiger partial charge in [-0.15, -0.1) is 0 Å². The number of aromatic nitrogens is 1. The Bertz CT molecular complexity index is 353. The van der Waals surface area contributed by atoms with E-state index in [-0.39, 0.29) is 5.91 Å². The lowest BCUT2D eigenvalue weighted by Crippen LogP contribution is -2.31. The molecule has 3 heterocycles. The van der Waals surface area contributed by atoms with Crippen LogP contribution in [-0.4, -0.2) is 41.4 Å². The van der Waals surface area contributed by atoms with Crippen LogP contribution in [-0.2, 0) is 0 Å². The van der Waals surface area contributed by atoms with Gasteiger partial charge in [0.05, 0.1) is 0 Å². The molecule has 0 bridgehead atoms. The van der Waals surface area contributed by atoms with E-state index in [0.29, 0.717) is 17.5 Å². The highest BCUT2D eigenvalue weighted by Crippen LogP contribution is 2.27. The van der Waals surface area contributed by atoms with Crippen molar-refractivity contribution in [2.24, 2.45) is 11.8 Å². The molecule has 80 valence electrons. The van der Waals surface area contributed by atoms with Crippen molar-refractivity contribution in [1.29, 1.82) is 0 Å². The average Bonchev–Trinajstić information content (AvgIpc) is 2.92. The summed E-state index contributed by atoms with van der Waals surface area (Å²) >= 11 is 1.34. The maximum atomic E-state index is 12.0. The maximum absolute atomic E-state index is 12.0. The van der Waals surface area contributed by atoms with Crippen LogP contribution in [0, 0.1) is 11.8 Å². The number of fused-ring (bicyclic) bond motifs is 1. The van der Waals surface area contributed by atoms with E-state index in [1.165, 1.54) is 11.5 Å². The molecule has 2 aliphatic rings. The van der Waals surface area contributed by atoms with Gasteiger partial charge < -0.3 is 10.2 Å². The highest BCUT2D eigenvalue weighted by atomic mass is 32.1. The van der Waals surface area contributed by atoms with E-state index in [9.17, 15) is 4.79 Å². The Morgan fingerprint density at radius 2 is 2.20 bits per heavy atom. The first kappa shape index (κ1) is 9.30. The molecule has 0 aromatic carbocycles. The minimum absolute atomic E-state index is 0.102. The Kier molecular flexibility index (Phi) is 2.21. The molecule has 5 heteroatoms. The van der Waals surface area contributed by atoms with Gasteiger partial charge >= 0.3 is 0 Å². The number of nitrogens with one attached hydrogen (secondary N) is 1. The zero-order valence-corrected chi connectivity index (χ0v) is 9.17. The highest BCUT2D eigenvalue weighted by molar-refractivity contribution is 7.03. The van der Waals surface area contributed by atoms with E-state index >= 15 is 0 Å². The molecule has 0 radical (unpaired) electrons. The van der Waals surface area contributed by atoms with Gasteiger partial charge in [-0.3, -0.25) is 4.79 Å². The first-order valence-electron chi connectivity index (χ1n) is 5.25. The Hall–Kier alpha value is -0.940. The lowest BCUT2D eigenvalue weighted by atomic mass is 10.0. The molecule has 1 aromatic heterocycles. The molecule has 1 aromatic rings. The first-order valence-corrected chi connectivity index (χ1v) is 6.08. The van der Waals surface area contributed by atoms with Gasteiger partial charge in [0, 0.05) is 31.6 Å². The second-order valence-electron chi connectivity index (χ2n) is 4.27. The number of carbonyl (C=O) groups is 1. The second-order valence-corrected chi connectivity index (χ2v) is 4.94. The molecule has 2 atom stereocenters.